The predicted octanol–water partition coefficient (Wildman–Crippen LogP) is 5.29. The van der Waals surface area contributed by atoms with E-state index in [1.54, 1.807) is 4.90 Å². The Morgan fingerprint density at radius 1 is 1.04 bits per heavy atom. The van der Waals surface area contributed by atoms with Crippen LogP contribution in [0.3, 0.4) is 0 Å². The summed E-state index contributed by atoms with van der Waals surface area (Å²) < 4.78 is 72.3. The fourth-order valence-corrected chi connectivity index (χ4v) is 7.26. The number of carboxylic acids is 1. The van der Waals surface area contributed by atoms with Gasteiger partial charge in [-0.15, -0.1) is 0 Å². The first kappa shape index (κ1) is 30.8. The molecule has 0 radical (unpaired) electrons. The number of benzene rings is 2. The van der Waals surface area contributed by atoms with Crippen molar-refractivity contribution in [3.63, 3.8) is 0 Å². The molecule has 1 saturated carbocycles. The van der Waals surface area contributed by atoms with Crippen LogP contribution in [0.15, 0.2) is 36.4 Å². The van der Waals surface area contributed by atoms with E-state index in [1.807, 2.05) is 4.90 Å². The predicted molar refractivity (Wildman–Crippen MR) is 155 cm³/mol. The molecule has 14 heteroatoms. The molecule has 2 aromatic carbocycles. The third kappa shape index (κ3) is 4.90. The molecular weight excluding hydrogens is 635 g/mol. The normalized spacial score (nSPS) is 21.3. The Bertz CT molecular complexity index is 1780. The third-order valence-electron chi connectivity index (χ3n) is 9.88. The number of fused-ring (bicyclic) bond motifs is 1. The summed E-state index contributed by atoms with van der Waals surface area (Å²) in [5, 5.41) is 13.5. The molecule has 7 rings (SSSR count). The van der Waals surface area contributed by atoms with Crippen molar-refractivity contribution in [2.45, 2.75) is 55.9 Å². The number of nitrogens with zero attached hydrogens (tertiary/aromatic N) is 4. The van der Waals surface area contributed by atoms with E-state index in [9.17, 15) is 37.1 Å². The molecular formula is C32H28ClF5N4O4. The smallest absolute Gasteiger partial charge is 0.398 e. The molecule has 2 aliphatic heterocycles. The van der Waals surface area contributed by atoms with Crippen LogP contribution < -0.4 is 0 Å². The highest BCUT2D eigenvalue weighted by Crippen LogP contribution is 2.60. The monoisotopic (exact) mass is 662 g/mol. The second-order valence-electron chi connectivity index (χ2n) is 12.6. The van der Waals surface area contributed by atoms with Gasteiger partial charge >= 0.3 is 12.1 Å². The van der Waals surface area contributed by atoms with Crippen LogP contribution in [0.1, 0.15) is 56.8 Å². The highest BCUT2D eigenvalue weighted by atomic mass is 35.5. The van der Waals surface area contributed by atoms with Gasteiger partial charge < -0.3 is 10.0 Å². The Kier molecular flexibility index (Phi) is 7.27. The van der Waals surface area contributed by atoms with E-state index in [4.69, 9.17) is 11.6 Å². The van der Waals surface area contributed by atoms with Gasteiger partial charge in [-0.05, 0) is 55.5 Å². The average Bonchev–Trinajstić information content (AvgIpc) is 3.71. The molecule has 3 heterocycles. The highest BCUT2D eigenvalue weighted by molar-refractivity contribution is 6.34. The number of halogens is 6. The van der Waals surface area contributed by atoms with Crippen molar-refractivity contribution in [2.24, 2.45) is 5.92 Å². The van der Waals surface area contributed by atoms with E-state index in [0.29, 0.717) is 38.2 Å². The highest BCUT2D eigenvalue weighted by Gasteiger charge is 2.65. The van der Waals surface area contributed by atoms with E-state index >= 15 is 4.39 Å². The van der Waals surface area contributed by atoms with Gasteiger partial charge in [-0.3, -0.25) is 14.5 Å². The summed E-state index contributed by atoms with van der Waals surface area (Å²) in [5.74, 6) is -3.92. The summed E-state index contributed by atoms with van der Waals surface area (Å²) in [4.78, 5) is 42.8. The van der Waals surface area contributed by atoms with Gasteiger partial charge in [0.05, 0.1) is 33.0 Å². The quantitative estimate of drug-likeness (QED) is 0.361. The number of hydrogen-bond acceptors (Lipinski definition) is 5. The molecule has 2 aliphatic carbocycles. The number of likely N-dealkylation sites (tertiary alicyclic amines) is 2. The second-order valence-corrected chi connectivity index (χ2v) is 13.0. The number of carbonyl (C=O) groups is 3. The molecule has 1 aromatic heterocycles. The van der Waals surface area contributed by atoms with E-state index in [2.05, 4.69) is 5.10 Å². The minimum absolute atomic E-state index is 0.0172. The van der Waals surface area contributed by atoms with Crippen molar-refractivity contribution in [1.29, 1.82) is 0 Å². The Morgan fingerprint density at radius 2 is 1.76 bits per heavy atom. The fourth-order valence-electron chi connectivity index (χ4n) is 7.00. The first-order chi connectivity index (χ1) is 21.8. The summed E-state index contributed by atoms with van der Waals surface area (Å²) in [6.07, 6.45) is -5.34. The van der Waals surface area contributed by atoms with Crippen molar-refractivity contribution in [2.75, 3.05) is 26.2 Å². The number of aromatic nitrogens is 2. The SMILES string of the molecule is O=C(O)c1ccc(-c2nn(C(=O)c3c(Cl)cccc3C3(C(F)(F)F)CC3)c3c2CCC(C(=O)N2CC(N4CC(F)C4)C2)C3)c(F)c1. The van der Waals surface area contributed by atoms with E-state index in [-0.39, 0.29) is 76.3 Å². The molecule has 46 heavy (non-hydrogen) atoms. The zero-order chi connectivity index (χ0) is 32.7. The first-order valence-electron chi connectivity index (χ1n) is 15.0. The summed E-state index contributed by atoms with van der Waals surface area (Å²) in [6.45, 7) is 1.57. The van der Waals surface area contributed by atoms with Crippen LogP contribution >= 0.6 is 11.6 Å². The minimum Gasteiger partial charge on any atom is -0.478 e. The average molecular weight is 663 g/mol. The van der Waals surface area contributed by atoms with Crippen molar-refractivity contribution in [3.8, 4) is 11.3 Å². The Morgan fingerprint density at radius 3 is 2.37 bits per heavy atom. The molecule has 1 N–H and O–H groups in total. The maximum Gasteiger partial charge on any atom is 0.398 e. The number of aromatic carboxylic acids is 1. The van der Waals surface area contributed by atoms with Gasteiger partial charge in [0, 0.05) is 55.7 Å². The maximum absolute atomic E-state index is 15.3. The fraction of sp³-hybridized carbons (Fsp3) is 0.438. The van der Waals surface area contributed by atoms with Gasteiger partial charge in [0.2, 0.25) is 5.91 Å². The van der Waals surface area contributed by atoms with Gasteiger partial charge in [-0.2, -0.15) is 23.0 Å². The van der Waals surface area contributed by atoms with Gasteiger partial charge in [0.25, 0.3) is 5.91 Å². The molecule has 0 spiro atoms. The molecule has 1 unspecified atom stereocenters. The molecule has 0 bridgehead atoms. The van der Waals surface area contributed by atoms with Gasteiger partial charge in [0.15, 0.2) is 0 Å². The molecule has 3 fully saturated rings. The Hall–Kier alpha value is -3.84. The standard InChI is InChI=1S/C32H28ClF5N4O4/c33-23-3-1-2-22(31(8-9-31)32(36,37)38)26(23)29(44)42-25-11-16(28(43)41-14-19(15-41)40-12-18(34)13-40)4-7-21(25)27(39-42)20-6-5-17(30(45)46)10-24(20)35/h1-3,5-6,10,16,18-19H,4,7-9,11-15H2,(H,45,46). The van der Waals surface area contributed by atoms with Crippen LogP contribution in [0.5, 0.6) is 0 Å². The Labute approximate surface area is 264 Å². The van der Waals surface area contributed by atoms with Crippen LogP contribution in [-0.4, -0.2) is 87.0 Å². The van der Waals surface area contributed by atoms with Gasteiger partial charge in [0.1, 0.15) is 12.0 Å². The van der Waals surface area contributed by atoms with Crippen LogP contribution in [0, 0.1) is 11.7 Å². The van der Waals surface area contributed by atoms with Crippen molar-refractivity contribution in [1.82, 2.24) is 19.6 Å². The zero-order valence-corrected chi connectivity index (χ0v) is 25.0. The lowest BCUT2D eigenvalue weighted by Crippen LogP contribution is -2.67. The van der Waals surface area contributed by atoms with Crippen LogP contribution in [0.4, 0.5) is 22.0 Å². The van der Waals surface area contributed by atoms with Crippen molar-refractivity contribution >= 4 is 29.4 Å². The summed E-state index contributed by atoms with van der Waals surface area (Å²) in [6, 6.07) is 7.24. The van der Waals surface area contributed by atoms with Crippen LogP contribution in [0.2, 0.25) is 5.02 Å². The molecule has 4 aliphatic rings. The van der Waals surface area contributed by atoms with Gasteiger partial charge in [-0.25, -0.2) is 13.6 Å². The topological polar surface area (TPSA) is 95.7 Å². The lowest BCUT2D eigenvalue weighted by molar-refractivity contribution is -0.160. The van der Waals surface area contributed by atoms with Gasteiger partial charge in [-0.1, -0.05) is 23.7 Å². The number of alkyl halides is 4. The second kappa shape index (κ2) is 10.9. The maximum atomic E-state index is 15.3. The van der Waals surface area contributed by atoms with E-state index in [1.165, 1.54) is 30.3 Å². The number of rotatable bonds is 6. The largest absolute Gasteiger partial charge is 0.478 e. The number of amides is 1. The molecule has 3 aromatic rings. The van der Waals surface area contributed by atoms with Crippen LogP contribution in [0.25, 0.3) is 11.3 Å². The van der Waals surface area contributed by atoms with Crippen molar-refractivity contribution < 1.29 is 41.4 Å². The molecule has 1 atom stereocenters. The summed E-state index contributed by atoms with van der Waals surface area (Å²) in [5.41, 5.74) is -2.51. The Balaban J connectivity index is 1.27. The number of carbonyl (C=O) groups excluding carboxylic acids is 2. The zero-order valence-electron chi connectivity index (χ0n) is 24.3. The molecule has 2 saturated heterocycles. The van der Waals surface area contributed by atoms with E-state index < -0.39 is 41.4 Å². The number of hydrogen-bond donors (Lipinski definition) is 1. The third-order valence-corrected chi connectivity index (χ3v) is 10.2. The first-order valence-corrected chi connectivity index (χ1v) is 15.4. The lowest BCUT2D eigenvalue weighted by atomic mass is 9.83. The number of carboxylic acid groups (broad SMARTS) is 1. The van der Waals surface area contributed by atoms with Crippen LogP contribution in [-0.2, 0) is 23.1 Å². The summed E-state index contributed by atoms with van der Waals surface area (Å²) in [7, 11) is 0. The van der Waals surface area contributed by atoms with Crippen molar-refractivity contribution in [3.05, 3.63) is 75.2 Å². The van der Waals surface area contributed by atoms with E-state index in [0.717, 1.165) is 10.7 Å². The molecule has 1 amide bonds. The molecule has 242 valence electrons. The lowest BCUT2D eigenvalue weighted by Gasteiger charge is -2.50. The summed E-state index contributed by atoms with van der Waals surface area (Å²) >= 11 is 6.42. The molecule has 8 nitrogen and oxygen atoms in total. The minimum atomic E-state index is -4.63.